The van der Waals surface area contributed by atoms with E-state index in [1.165, 1.54) is 21.6 Å². The Balaban J connectivity index is 1.35. The molecule has 1 aromatic heterocycles. The van der Waals surface area contributed by atoms with Crippen LogP contribution in [-0.4, -0.2) is 52.7 Å². The lowest BCUT2D eigenvalue weighted by Gasteiger charge is -2.32. The average Bonchev–Trinajstić information content (AvgIpc) is 3.49. The smallest absolute Gasteiger partial charge is 0.412 e. The second-order valence-corrected chi connectivity index (χ2v) is 10.9. The molecule has 5 rings (SSSR count). The van der Waals surface area contributed by atoms with Crippen molar-refractivity contribution in [1.29, 1.82) is 0 Å². The van der Waals surface area contributed by atoms with Crippen LogP contribution in [0.15, 0.2) is 116 Å². The molecule has 42 heavy (non-hydrogen) atoms. The van der Waals surface area contributed by atoms with Gasteiger partial charge in [-0.3, -0.25) is 19.5 Å². The van der Waals surface area contributed by atoms with Crippen LogP contribution in [0.4, 0.5) is 10.5 Å². The third-order valence-electron chi connectivity index (χ3n) is 6.91. The molecule has 8 nitrogen and oxygen atoms in total. The molecule has 2 unspecified atom stereocenters. The highest BCUT2D eigenvalue weighted by molar-refractivity contribution is 7.99. The predicted octanol–water partition coefficient (Wildman–Crippen LogP) is 5.23. The molecule has 3 amide bonds. The van der Waals surface area contributed by atoms with Crippen LogP contribution in [0.3, 0.4) is 0 Å². The number of nitrogens with zero attached hydrogens (tertiary/aromatic N) is 3. The standard InChI is InChI=1S/C33H32N4O4S/c38-30(35-21-16-25-10-4-1-5-11-25)22-36(28-14-8-3-9-15-28)31(39)29-24-42-32(27-17-19-34-20-18-27)37(29)33(40)41-23-26-12-6-2-7-13-26/h1-15,17-20,29,32H,16,21-24H2,(H,35,38). The number of pyridine rings is 1. The Morgan fingerprint density at radius 2 is 1.48 bits per heavy atom. The molecule has 9 heteroatoms. The zero-order valence-electron chi connectivity index (χ0n) is 23.0. The van der Waals surface area contributed by atoms with Crippen LogP contribution in [-0.2, 0) is 27.4 Å². The van der Waals surface area contributed by atoms with Crippen molar-refractivity contribution in [3.05, 3.63) is 132 Å². The molecule has 0 aliphatic carbocycles. The fourth-order valence-electron chi connectivity index (χ4n) is 4.77. The predicted molar refractivity (Wildman–Crippen MR) is 164 cm³/mol. The van der Waals surface area contributed by atoms with Gasteiger partial charge in [0.2, 0.25) is 5.91 Å². The monoisotopic (exact) mass is 580 g/mol. The summed E-state index contributed by atoms with van der Waals surface area (Å²) in [5, 5.41) is 2.49. The van der Waals surface area contributed by atoms with Crippen molar-refractivity contribution < 1.29 is 19.1 Å². The molecule has 1 fully saturated rings. The summed E-state index contributed by atoms with van der Waals surface area (Å²) in [6.07, 6.45) is 3.41. The topological polar surface area (TPSA) is 91.8 Å². The molecule has 0 bridgehead atoms. The van der Waals surface area contributed by atoms with Crippen molar-refractivity contribution >= 4 is 35.4 Å². The van der Waals surface area contributed by atoms with E-state index in [0.717, 1.165) is 16.7 Å². The average molecular weight is 581 g/mol. The van der Waals surface area contributed by atoms with Gasteiger partial charge in [-0.25, -0.2) is 4.79 Å². The minimum Gasteiger partial charge on any atom is -0.444 e. The van der Waals surface area contributed by atoms with Gasteiger partial charge >= 0.3 is 6.09 Å². The van der Waals surface area contributed by atoms with Crippen LogP contribution in [0.25, 0.3) is 0 Å². The normalized spacial score (nSPS) is 16.0. The summed E-state index contributed by atoms with van der Waals surface area (Å²) in [5.74, 6) is -0.275. The van der Waals surface area contributed by atoms with Gasteiger partial charge in [-0.05, 0) is 47.4 Å². The maximum atomic E-state index is 14.2. The Morgan fingerprint density at radius 1 is 0.857 bits per heavy atom. The third-order valence-corrected chi connectivity index (χ3v) is 8.23. The van der Waals surface area contributed by atoms with Gasteiger partial charge in [-0.15, -0.1) is 11.8 Å². The van der Waals surface area contributed by atoms with Crippen LogP contribution in [0, 0.1) is 0 Å². The molecule has 214 valence electrons. The van der Waals surface area contributed by atoms with E-state index >= 15 is 0 Å². The van der Waals surface area contributed by atoms with Gasteiger partial charge in [-0.2, -0.15) is 0 Å². The number of carbonyl (C=O) groups excluding carboxylic acids is 3. The number of aromatic nitrogens is 1. The van der Waals surface area contributed by atoms with Crippen LogP contribution in [0.1, 0.15) is 22.1 Å². The summed E-state index contributed by atoms with van der Waals surface area (Å²) in [7, 11) is 0. The van der Waals surface area contributed by atoms with E-state index < -0.39 is 17.5 Å². The van der Waals surface area contributed by atoms with Crippen LogP contribution in [0.2, 0.25) is 0 Å². The molecule has 1 aliphatic rings. The quantitative estimate of drug-likeness (QED) is 0.276. The van der Waals surface area contributed by atoms with E-state index in [1.807, 2.05) is 91.0 Å². The van der Waals surface area contributed by atoms with E-state index in [9.17, 15) is 14.4 Å². The Labute approximate surface area is 249 Å². The Kier molecular flexibility index (Phi) is 9.85. The summed E-state index contributed by atoms with van der Waals surface area (Å²) in [6, 6.07) is 31.2. The number of benzene rings is 3. The number of carbonyl (C=O) groups is 3. The van der Waals surface area contributed by atoms with Crippen molar-refractivity contribution in [3.8, 4) is 0 Å². The molecule has 1 N–H and O–H groups in total. The summed E-state index contributed by atoms with van der Waals surface area (Å²) in [4.78, 5) is 47.9. The zero-order chi connectivity index (χ0) is 29.1. The van der Waals surface area contributed by atoms with E-state index in [2.05, 4.69) is 10.3 Å². The number of amides is 3. The fraction of sp³-hybridized carbons (Fsp3) is 0.212. The zero-order valence-corrected chi connectivity index (χ0v) is 23.9. The van der Waals surface area contributed by atoms with Crippen molar-refractivity contribution in [1.82, 2.24) is 15.2 Å². The minimum absolute atomic E-state index is 0.0804. The first-order valence-electron chi connectivity index (χ1n) is 13.8. The number of rotatable bonds is 10. The highest BCUT2D eigenvalue weighted by Gasteiger charge is 2.45. The van der Waals surface area contributed by atoms with Crippen LogP contribution >= 0.6 is 11.8 Å². The van der Waals surface area contributed by atoms with E-state index in [4.69, 9.17) is 4.74 Å². The van der Waals surface area contributed by atoms with Crippen LogP contribution in [0.5, 0.6) is 0 Å². The van der Waals surface area contributed by atoms with Gasteiger partial charge in [0.05, 0.1) is 0 Å². The van der Waals surface area contributed by atoms with Gasteiger partial charge in [-0.1, -0.05) is 78.9 Å². The fourth-order valence-corrected chi connectivity index (χ4v) is 6.18. The third kappa shape index (κ3) is 7.36. The van der Waals surface area contributed by atoms with Gasteiger partial charge in [0, 0.05) is 30.4 Å². The molecule has 2 heterocycles. The molecule has 0 spiro atoms. The molecule has 2 atom stereocenters. The molecule has 3 aromatic carbocycles. The van der Waals surface area contributed by atoms with Gasteiger partial charge in [0.25, 0.3) is 5.91 Å². The minimum atomic E-state index is -0.839. The summed E-state index contributed by atoms with van der Waals surface area (Å²) in [6.45, 7) is 0.351. The molecule has 1 saturated heterocycles. The number of hydrogen-bond donors (Lipinski definition) is 1. The van der Waals surface area contributed by atoms with E-state index in [1.54, 1.807) is 24.5 Å². The van der Waals surface area contributed by atoms with Gasteiger partial charge in [0.1, 0.15) is 24.6 Å². The van der Waals surface area contributed by atoms with Gasteiger partial charge in [0.15, 0.2) is 0 Å². The highest BCUT2D eigenvalue weighted by atomic mass is 32.2. The van der Waals surface area contributed by atoms with Crippen molar-refractivity contribution in [2.45, 2.75) is 24.4 Å². The molecular formula is C33H32N4O4S. The Morgan fingerprint density at radius 3 is 2.14 bits per heavy atom. The lowest BCUT2D eigenvalue weighted by Crippen LogP contribution is -2.52. The second-order valence-electron chi connectivity index (χ2n) is 9.77. The van der Waals surface area contributed by atoms with Crippen molar-refractivity contribution in [2.75, 3.05) is 23.7 Å². The van der Waals surface area contributed by atoms with Gasteiger partial charge < -0.3 is 15.0 Å². The van der Waals surface area contributed by atoms with E-state index in [0.29, 0.717) is 24.4 Å². The largest absolute Gasteiger partial charge is 0.444 e. The molecule has 4 aromatic rings. The first-order chi connectivity index (χ1) is 20.6. The first-order valence-corrected chi connectivity index (χ1v) is 14.8. The summed E-state index contributed by atoms with van der Waals surface area (Å²) < 4.78 is 5.71. The molecular weight excluding hydrogens is 548 g/mol. The van der Waals surface area contributed by atoms with Crippen LogP contribution < -0.4 is 10.2 Å². The number of nitrogens with one attached hydrogen (secondary N) is 1. The number of para-hydroxylation sites is 1. The molecule has 1 aliphatic heterocycles. The summed E-state index contributed by atoms with van der Waals surface area (Å²) in [5.41, 5.74) is 3.38. The number of ether oxygens (including phenoxy) is 1. The second kappa shape index (κ2) is 14.3. The maximum Gasteiger partial charge on any atom is 0.412 e. The first kappa shape index (κ1) is 28.9. The maximum absolute atomic E-state index is 14.2. The SMILES string of the molecule is O=C(CN(C(=O)C1CSC(c2ccncc2)N1C(=O)OCc1ccccc1)c1ccccc1)NCCc1ccccc1. The molecule has 0 radical (unpaired) electrons. The van der Waals surface area contributed by atoms with E-state index in [-0.39, 0.29) is 25.0 Å². The Bertz CT molecular complexity index is 1460. The highest BCUT2D eigenvalue weighted by Crippen LogP contribution is 2.42. The Hall–Kier alpha value is -4.63. The number of thioether (sulfide) groups is 1. The number of anilines is 1. The number of hydrogen-bond acceptors (Lipinski definition) is 6. The lowest BCUT2D eigenvalue weighted by atomic mass is 10.1. The summed E-state index contributed by atoms with van der Waals surface area (Å²) >= 11 is 1.48. The van der Waals surface area contributed by atoms with Crippen molar-refractivity contribution in [2.24, 2.45) is 0 Å². The molecule has 0 saturated carbocycles. The van der Waals surface area contributed by atoms with Crippen molar-refractivity contribution in [3.63, 3.8) is 0 Å². The lowest BCUT2D eigenvalue weighted by molar-refractivity contribution is -0.126.